The van der Waals surface area contributed by atoms with Gasteiger partial charge in [0.25, 0.3) is 0 Å². The number of sulfonamides is 1. The Balaban J connectivity index is 2.97. The quantitative estimate of drug-likeness (QED) is 0.902. The van der Waals surface area contributed by atoms with Crippen molar-refractivity contribution in [1.29, 1.82) is 0 Å². The highest BCUT2D eigenvalue weighted by Crippen LogP contribution is 2.24. The summed E-state index contributed by atoms with van der Waals surface area (Å²) in [5.74, 6) is 0. The summed E-state index contributed by atoms with van der Waals surface area (Å²) >= 11 is 5.81. The molecule has 1 aromatic carbocycles. The van der Waals surface area contributed by atoms with Crippen LogP contribution in [0.1, 0.15) is 25.5 Å². The predicted octanol–water partition coefficient (Wildman–Crippen LogP) is 2.01. The van der Waals surface area contributed by atoms with Gasteiger partial charge in [-0.1, -0.05) is 23.7 Å². The Kier molecular flexibility index (Phi) is 5.16. The van der Waals surface area contributed by atoms with Crippen molar-refractivity contribution in [1.82, 2.24) is 4.31 Å². The molecule has 0 aromatic heterocycles. The molecule has 0 aliphatic rings. The lowest BCUT2D eigenvalue weighted by molar-refractivity contribution is 0.393. The molecule has 1 aromatic rings. The lowest BCUT2D eigenvalue weighted by Gasteiger charge is -2.27. The van der Waals surface area contributed by atoms with Gasteiger partial charge in [-0.05, 0) is 31.5 Å². The Morgan fingerprint density at radius 1 is 1.28 bits per heavy atom. The van der Waals surface area contributed by atoms with Gasteiger partial charge in [0.15, 0.2) is 0 Å². The number of benzene rings is 1. The lowest BCUT2D eigenvalue weighted by Crippen LogP contribution is -2.39. The molecule has 0 aliphatic carbocycles. The standard InChI is InChI=1S/C12H19ClN2O2S/c1-9(8-14)18(16,17)15(3)10(2)11-4-6-12(13)7-5-11/h4-7,9-10H,8,14H2,1-3H3. The third kappa shape index (κ3) is 3.23. The third-order valence-corrected chi connectivity index (χ3v) is 5.72. The molecule has 1 rings (SSSR count). The maximum absolute atomic E-state index is 12.2. The first-order chi connectivity index (χ1) is 8.30. The van der Waals surface area contributed by atoms with Gasteiger partial charge in [-0.15, -0.1) is 0 Å². The Bertz CT molecular complexity index is 487. The van der Waals surface area contributed by atoms with Crippen molar-refractivity contribution in [3.8, 4) is 0 Å². The van der Waals surface area contributed by atoms with Gasteiger partial charge in [0, 0.05) is 24.7 Å². The molecule has 0 saturated heterocycles. The molecule has 18 heavy (non-hydrogen) atoms. The zero-order valence-electron chi connectivity index (χ0n) is 10.8. The van der Waals surface area contributed by atoms with Crippen LogP contribution in [0.15, 0.2) is 24.3 Å². The van der Waals surface area contributed by atoms with Crippen LogP contribution < -0.4 is 5.73 Å². The highest BCUT2D eigenvalue weighted by atomic mass is 35.5. The van der Waals surface area contributed by atoms with Gasteiger partial charge in [-0.3, -0.25) is 0 Å². The van der Waals surface area contributed by atoms with Crippen LogP contribution in [0.25, 0.3) is 0 Å². The van der Waals surface area contributed by atoms with Crippen LogP contribution in [-0.2, 0) is 10.0 Å². The molecule has 6 heteroatoms. The van der Waals surface area contributed by atoms with Crippen LogP contribution in [-0.4, -0.2) is 31.6 Å². The average Bonchev–Trinajstić information content (AvgIpc) is 2.36. The van der Waals surface area contributed by atoms with Crippen LogP contribution in [0.3, 0.4) is 0 Å². The second-order valence-electron chi connectivity index (χ2n) is 4.33. The first-order valence-corrected chi connectivity index (χ1v) is 7.61. The fraction of sp³-hybridized carbons (Fsp3) is 0.500. The van der Waals surface area contributed by atoms with Crippen molar-refractivity contribution in [3.05, 3.63) is 34.9 Å². The fourth-order valence-corrected chi connectivity index (χ4v) is 3.08. The molecule has 2 N–H and O–H groups in total. The number of nitrogens with two attached hydrogens (primary N) is 1. The van der Waals surface area contributed by atoms with Gasteiger partial charge < -0.3 is 5.73 Å². The van der Waals surface area contributed by atoms with Crippen LogP contribution in [0.4, 0.5) is 0 Å². The van der Waals surface area contributed by atoms with Gasteiger partial charge in [0.1, 0.15) is 0 Å². The largest absolute Gasteiger partial charge is 0.329 e. The Morgan fingerprint density at radius 3 is 2.22 bits per heavy atom. The summed E-state index contributed by atoms with van der Waals surface area (Å²) < 4.78 is 25.7. The monoisotopic (exact) mass is 290 g/mol. The SMILES string of the molecule is CC(c1ccc(Cl)cc1)N(C)S(=O)(=O)C(C)CN. The minimum atomic E-state index is -3.37. The molecule has 2 atom stereocenters. The molecule has 0 heterocycles. The summed E-state index contributed by atoms with van der Waals surface area (Å²) in [6.45, 7) is 3.56. The van der Waals surface area contributed by atoms with E-state index in [4.69, 9.17) is 17.3 Å². The summed E-state index contributed by atoms with van der Waals surface area (Å²) in [4.78, 5) is 0. The van der Waals surface area contributed by atoms with Crippen molar-refractivity contribution in [2.24, 2.45) is 5.73 Å². The molecule has 0 spiro atoms. The summed E-state index contributed by atoms with van der Waals surface area (Å²) in [6, 6.07) is 6.90. The lowest BCUT2D eigenvalue weighted by atomic mass is 10.1. The number of rotatable bonds is 5. The molecule has 0 amide bonds. The van der Waals surface area contributed by atoms with Gasteiger partial charge >= 0.3 is 0 Å². The smallest absolute Gasteiger partial charge is 0.218 e. The van der Waals surface area contributed by atoms with Gasteiger partial charge in [-0.2, -0.15) is 4.31 Å². The molecule has 0 radical (unpaired) electrons. The second kappa shape index (κ2) is 6.02. The normalized spacial score (nSPS) is 15.7. The number of nitrogens with zero attached hydrogens (tertiary/aromatic N) is 1. The van der Waals surface area contributed by atoms with Crippen LogP contribution in [0, 0.1) is 0 Å². The Morgan fingerprint density at radius 2 is 1.78 bits per heavy atom. The fourth-order valence-electron chi connectivity index (χ4n) is 1.58. The molecule has 0 aliphatic heterocycles. The van der Waals surface area contributed by atoms with Gasteiger partial charge in [0.2, 0.25) is 10.0 Å². The van der Waals surface area contributed by atoms with E-state index in [1.54, 1.807) is 26.1 Å². The molecular weight excluding hydrogens is 272 g/mol. The van der Waals surface area contributed by atoms with E-state index in [9.17, 15) is 8.42 Å². The Labute approximate surface area is 114 Å². The topological polar surface area (TPSA) is 63.4 Å². The molecule has 2 unspecified atom stereocenters. The van der Waals surface area contributed by atoms with E-state index in [-0.39, 0.29) is 12.6 Å². The van der Waals surface area contributed by atoms with Gasteiger partial charge in [-0.25, -0.2) is 8.42 Å². The first-order valence-electron chi connectivity index (χ1n) is 5.73. The summed E-state index contributed by atoms with van der Waals surface area (Å²) in [7, 11) is -1.80. The maximum atomic E-state index is 12.2. The van der Waals surface area contributed by atoms with E-state index in [0.717, 1.165) is 5.56 Å². The van der Waals surface area contributed by atoms with Crippen LogP contribution in [0.5, 0.6) is 0 Å². The summed E-state index contributed by atoms with van der Waals surface area (Å²) in [6.07, 6.45) is 0. The van der Waals surface area contributed by atoms with Crippen molar-refractivity contribution in [2.75, 3.05) is 13.6 Å². The third-order valence-electron chi connectivity index (χ3n) is 3.14. The van der Waals surface area contributed by atoms with Crippen molar-refractivity contribution < 1.29 is 8.42 Å². The maximum Gasteiger partial charge on any atom is 0.218 e. The highest BCUT2D eigenvalue weighted by molar-refractivity contribution is 7.89. The number of halogens is 1. The van der Waals surface area contributed by atoms with E-state index in [0.29, 0.717) is 5.02 Å². The van der Waals surface area contributed by atoms with Gasteiger partial charge in [0.05, 0.1) is 5.25 Å². The van der Waals surface area contributed by atoms with Crippen molar-refractivity contribution >= 4 is 21.6 Å². The zero-order valence-corrected chi connectivity index (χ0v) is 12.4. The van der Waals surface area contributed by atoms with Crippen molar-refractivity contribution in [2.45, 2.75) is 25.1 Å². The molecule has 0 saturated carbocycles. The van der Waals surface area contributed by atoms with Crippen molar-refractivity contribution in [3.63, 3.8) is 0 Å². The average molecular weight is 291 g/mol. The summed E-state index contributed by atoms with van der Waals surface area (Å²) in [5.41, 5.74) is 6.33. The molecule has 4 nitrogen and oxygen atoms in total. The number of hydrogen-bond donors (Lipinski definition) is 1. The molecule has 0 fully saturated rings. The zero-order chi connectivity index (χ0) is 13.9. The number of hydrogen-bond acceptors (Lipinski definition) is 3. The highest BCUT2D eigenvalue weighted by Gasteiger charge is 2.28. The van der Waals surface area contributed by atoms with E-state index in [1.807, 2.05) is 19.1 Å². The minimum absolute atomic E-state index is 0.111. The van der Waals surface area contributed by atoms with E-state index in [2.05, 4.69) is 0 Å². The van der Waals surface area contributed by atoms with E-state index in [1.165, 1.54) is 4.31 Å². The molecule has 102 valence electrons. The minimum Gasteiger partial charge on any atom is -0.329 e. The second-order valence-corrected chi connectivity index (χ2v) is 7.18. The predicted molar refractivity (Wildman–Crippen MR) is 75.1 cm³/mol. The van der Waals surface area contributed by atoms with Crippen LogP contribution >= 0.6 is 11.6 Å². The summed E-state index contributed by atoms with van der Waals surface area (Å²) in [5, 5.41) is 0.0454. The first kappa shape index (κ1) is 15.4. The van der Waals surface area contributed by atoms with E-state index >= 15 is 0 Å². The Hall–Kier alpha value is -0.620. The molecule has 0 bridgehead atoms. The van der Waals surface area contributed by atoms with E-state index < -0.39 is 15.3 Å². The molecular formula is C12H19ClN2O2S. The van der Waals surface area contributed by atoms with Crippen LogP contribution in [0.2, 0.25) is 5.02 Å².